The Kier molecular flexibility index (Phi) is 5.38. The zero-order valence-corrected chi connectivity index (χ0v) is 18.0. The van der Waals surface area contributed by atoms with Gasteiger partial charge in [-0.05, 0) is 85.5 Å². The Labute approximate surface area is 185 Å². The molecule has 3 aromatic carbocycles. The number of anilines is 2. The van der Waals surface area contributed by atoms with Crippen molar-refractivity contribution in [3.05, 3.63) is 99.5 Å². The first kappa shape index (κ1) is 20.8. The third-order valence-corrected chi connectivity index (χ3v) is 5.65. The van der Waals surface area contributed by atoms with Gasteiger partial charge in [0, 0.05) is 10.7 Å². The third kappa shape index (κ3) is 3.84. The highest BCUT2D eigenvalue weighted by molar-refractivity contribution is 6.46. The number of aryl methyl sites for hydroxylation is 3. The normalized spacial score (nSPS) is 13.9. The Morgan fingerprint density at radius 3 is 2.16 bits per heavy atom. The zero-order chi connectivity index (χ0) is 22.3. The van der Waals surface area contributed by atoms with Crippen molar-refractivity contribution in [2.75, 3.05) is 10.2 Å². The molecule has 3 aromatic rings. The second-order valence-corrected chi connectivity index (χ2v) is 7.99. The molecule has 1 heterocycles. The number of nitrogens with zero attached hydrogens (tertiary/aromatic N) is 1. The maximum Gasteiger partial charge on any atom is 0.282 e. The van der Waals surface area contributed by atoms with E-state index in [-0.39, 0.29) is 11.3 Å². The van der Waals surface area contributed by atoms with Gasteiger partial charge in [0.25, 0.3) is 11.8 Å². The van der Waals surface area contributed by atoms with Crippen molar-refractivity contribution in [2.24, 2.45) is 0 Å². The molecule has 0 saturated carbocycles. The predicted molar refractivity (Wildman–Crippen MR) is 122 cm³/mol. The lowest BCUT2D eigenvalue weighted by atomic mass is 10.0. The van der Waals surface area contributed by atoms with Gasteiger partial charge in [-0.1, -0.05) is 29.8 Å². The van der Waals surface area contributed by atoms with Gasteiger partial charge in [-0.3, -0.25) is 9.59 Å². The van der Waals surface area contributed by atoms with Crippen LogP contribution in [0.25, 0.3) is 5.57 Å². The number of amides is 2. The van der Waals surface area contributed by atoms with E-state index in [1.165, 1.54) is 24.3 Å². The Hall–Kier alpha value is -3.44. The van der Waals surface area contributed by atoms with Gasteiger partial charge in [0.1, 0.15) is 11.5 Å². The molecule has 0 radical (unpaired) electrons. The molecule has 0 atom stereocenters. The summed E-state index contributed by atoms with van der Waals surface area (Å²) in [7, 11) is 0. The van der Waals surface area contributed by atoms with Gasteiger partial charge >= 0.3 is 0 Å². The molecular weight excluding hydrogens is 415 g/mol. The molecule has 0 fully saturated rings. The first-order chi connectivity index (χ1) is 14.8. The molecule has 156 valence electrons. The molecule has 4 rings (SSSR count). The van der Waals surface area contributed by atoms with Crippen LogP contribution in [0.3, 0.4) is 0 Å². The van der Waals surface area contributed by atoms with Crippen molar-refractivity contribution in [3.8, 4) is 0 Å². The Morgan fingerprint density at radius 1 is 0.806 bits per heavy atom. The van der Waals surface area contributed by atoms with E-state index in [4.69, 9.17) is 11.6 Å². The van der Waals surface area contributed by atoms with E-state index < -0.39 is 17.6 Å². The van der Waals surface area contributed by atoms with E-state index in [0.29, 0.717) is 22.0 Å². The molecule has 1 N–H and O–H groups in total. The molecule has 1 aliphatic rings. The van der Waals surface area contributed by atoms with Gasteiger partial charge in [0.2, 0.25) is 0 Å². The Balaban J connectivity index is 1.84. The molecule has 0 spiro atoms. The summed E-state index contributed by atoms with van der Waals surface area (Å²) in [4.78, 5) is 28.0. The number of imide groups is 1. The van der Waals surface area contributed by atoms with Gasteiger partial charge in [-0.2, -0.15) is 0 Å². The number of carbonyl (C=O) groups is 2. The smallest absolute Gasteiger partial charge is 0.282 e. The summed E-state index contributed by atoms with van der Waals surface area (Å²) < 4.78 is 13.5. The number of halogens is 2. The van der Waals surface area contributed by atoms with E-state index in [1.54, 1.807) is 24.3 Å². The van der Waals surface area contributed by atoms with Crippen LogP contribution in [0.4, 0.5) is 15.8 Å². The molecule has 31 heavy (non-hydrogen) atoms. The molecule has 1 aliphatic heterocycles. The lowest BCUT2D eigenvalue weighted by Crippen LogP contribution is -2.32. The zero-order valence-electron chi connectivity index (χ0n) is 17.3. The summed E-state index contributed by atoms with van der Waals surface area (Å²) in [6.45, 7) is 5.74. The Morgan fingerprint density at radius 2 is 1.52 bits per heavy atom. The molecule has 6 heteroatoms. The lowest BCUT2D eigenvalue weighted by molar-refractivity contribution is -0.120. The Bertz CT molecular complexity index is 1250. The lowest BCUT2D eigenvalue weighted by Gasteiger charge is -2.17. The second-order valence-electron chi connectivity index (χ2n) is 7.56. The molecule has 0 aliphatic carbocycles. The summed E-state index contributed by atoms with van der Waals surface area (Å²) in [5.74, 6) is -1.36. The van der Waals surface area contributed by atoms with Crippen LogP contribution >= 0.6 is 11.6 Å². The first-order valence-corrected chi connectivity index (χ1v) is 10.1. The van der Waals surface area contributed by atoms with Gasteiger partial charge in [0.05, 0.1) is 11.3 Å². The van der Waals surface area contributed by atoms with Crippen LogP contribution in [0, 0.1) is 26.6 Å². The highest BCUT2D eigenvalue weighted by atomic mass is 35.5. The van der Waals surface area contributed by atoms with Crippen LogP contribution in [0.15, 0.2) is 66.4 Å². The first-order valence-electron chi connectivity index (χ1n) is 9.75. The molecule has 0 bridgehead atoms. The van der Waals surface area contributed by atoms with Gasteiger partial charge < -0.3 is 5.32 Å². The fourth-order valence-corrected chi connectivity index (χ4v) is 3.76. The van der Waals surface area contributed by atoms with Gasteiger partial charge in [0.15, 0.2) is 0 Å². The van der Waals surface area contributed by atoms with Crippen LogP contribution in [-0.2, 0) is 9.59 Å². The van der Waals surface area contributed by atoms with Crippen LogP contribution in [-0.4, -0.2) is 11.8 Å². The molecule has 0 saturated heterocycles. The van der Waals surface area contributed by atoms with Crippen molar-refractivity contribution in [3.63, 3.8) is 0 Å². The van der Waals surface area contributed by atoms with Crippen molar-refractivity contribution in [2.45, 2.75) is 20.8 Å². The third-order valence-electron chi connectivity index (χ3n) is 5.41. The van der Waals surface area contributed by atoms with E-state index in [9.17, 15) is 14.0 Å². The van der Waals surface area contributed by atoms with Crippen molar-refractivity contribution in [1.29, 1.82) is 0 Å². The number of carbonyl (C=O) groups excluding carboxylic acids is 2. The average molecular weight is 435 g/mol. The standard InChI is InChI=1S/C25H20ClFN2O2/c1-14-4-10-20(13-15(14)2)29-24(30)22(17-5-8-19(27)9-6-17)23(25(29)31)28-21-11-7-18(26)12-16(21)3/h4-13,28H,1-3H3. The van der Waals surface area contributed by atoms with Crippen LogP contribution < -0.4 is 10.2 Å². The minimum atomic E-state index is -0.470. The highest BCUT2D eigenvalue weighted by Gasteiger charge is 2.40. The fraction of sp³-hybridized carbons (Fsp3) is 0.120. The largest absolute Gasteiger partial charge is 0.350 e. The number of rotatable bonds is 4. The van der Waals surface area contributed by atoms with E-state index >= 15 is 0 Å². The minimum Gasteiger partial charge on any atom is -0.350 e. The summed E-state index contributed by atoms with van der Waals surface area (Å²) in [6, 6.07) is 16.2. The number of hydrogen-bond acceptors (Lipinski definition) is 3. The minimum absolute atomic E-state index is 0.139. The van der Waals surface area contributed by atoms with E-state index in [0.717, 1.165) is 21.6 Å². The highest BCUT2D eigenvalue weighted by Crippen LogP contribution is 2.35. The maximum absolute atomic E-state index is 13.5. The molecule has 0 unspecified atom stereocenters. The average Bonchev–Trinajstić information content (AvgIpc) is 2.97. The molecular formula is C25H20ClFN2O2. The molecule has 2 amide bonds. The summed E-state index contributed by atoms with van der Waals surface area (Å²) >= 11 is 6.05. The van der Waals surface area contributed by atoms with Crippen LogP contribution in [0.5, 0.6) is 0 Å². The maximum atomic E-state index is 13.5. The summed E-state index contributed by atoms with van der Waals surface area (Å²) in [5.41, 5.74) is 4.78. The fourth-order valence-electron chi connectivity index (χ4n) is 3.53. The topological polar surface area (TPSA) is 49.4 Å². The summed E-state index contributed by atoms with van der Waals surface area (Å²) in [6.07, 6.45) is 0. The van der Waals surface area contributed by atoms with Crippen LogP contribution in [0.1, 0.15) is 22.3 Å². The predicted octanol–water partition coefficient (Wildman–Crippen LogP) is 5.80. The number of nitrogens with one attached hydrogen (secondary N) is 1. The summed E-state index contributed by atoms with van der Waals surface area (Å²) in [5, 5.41) is 3.69. The monoisotopic (exact) mass is 434 g/mol. The number of hydrogen-bond donors (Lipinski definition) is 1. The van der Waals surface area contributed by atoms with Gasteiger partial charge in [-0.15, -0.1) is 0 Å². The quantitative estimate of drug-likeness (QED) is 0.528. The van der Waals surface area contributed by atoms with Gasteiger partial charge in [-0.25, -0.2) is 9.29 Å². The molecule has 4 nitrogen and oxygen atoms in total. The van der Waals surface area contributed by atoms with Crippen molar-refractivity contribution < 1.29 is 14.0 Å². The van der Waals surface area contributed by atoms with E-state index in [2.05, 4.69) is 5.32 Å². The van der Waals surface area contributed by atoms with Crippen LogP contribution in [0.2, 0.25) is 5.02 Å². The van der Waals surface area contributed by atoms with Crippen molar-refractivity contribution >= 4 is 40.4 Å². The number of benzene rings is 3. The van der Waals surface area contributed by atoms with Crippen molar-refractivity contribution in [1.82, 2.24) is 0 Å². The molecule has 0 aromatic heterocycles. The second kappa shape index (κ2) is 8.00. The SMILES string of the molecule is Cc1ccc(N2C(=O)C(Nc3ccc(Cl)cc3C)=C(c3ccc(F)cc3)C2=O)cc1C. The van der Waals surface area contributed by atoms with E-state index in [1.807, 2.05) is 32.9 Å².